The van der Waals surface area contributed by atoms with E-state index in [9.17, 15) is 4.79 Å². The second kappa shape index (κ2) is 5.98. The van der Waals surface area contributed by atoms with E-state index in [4.69, 9.17) is 6.42 Å². The number of fused-ring (bicyclic) bond motifs is 2. The summed E-state index contributed by atoms with van der Waals surface area (Å²) >= 11 is 0. The Kier molecular flexibility index (Phi) is 3.52. The quantitative estimate of drug-likeness (QED) is 0.504. The van der Waals surface area contributed by atoms with E-state index in [1.54, 1.807) is 12.1 Å². The Labute approximate surface area is 143 Å². The van der Waals surface area contributed by atoms with Crippen molar-refractivity contribution in [3.05, 3.63) is 55.0 Å². The molecule has 0 atom stereocenters. The Morgan fingerprint density at radius 1 is 1.08 bits per heavy atom. The highest BCUT2D eigenvalue weighted by Gasteiger charge is 2.07. The topological polar surface area (TPSA) is 82.7 Å². The van der Waals surface area contributed by atoms with Crippen LogP contribution in [0.1, 0.15) is 0 Å². The number of hydrogen-bond acceptors (Lipinski definition) is 4. The normalized spacial score (nSPS) is 10.5. The molecule has 1 amide bonds. The van der Waals surface area contributed by atoms with Crippen molar-refractivity contribution < 1.29 is 4.79 Å². The molecule has 0 aliphatic rings. The van der Waals surface area contributed by atoms with Gasteiger partial charge in [0.1, 0.15) is 12.1 Å². The zero-order valence-electron chi connectivity index (χ0n) is 13.1. The molecule has 0 fully saturated rings. The number of anilines is 3. The number of carbonyl (C=O) groups excluding carboxylic acids is 1. The molecule has 0 aliphatic carbocycles. The third kappa shape index (κ3) is 2.86. The minimum Gasteiger partial charge on any atom is -0.361 e. The first-order chi connectivity index (χ1) is 12.2. The fraction of sp³-hybridized carbons (Fsp3) is 0. The molecule has 0 aliphatic heterocycles. The second-order valence-electron chi connectivity index (χ2n) is 5.46. The van der Waals surface area contributed by atoms with Gasteiger partial charge < -0.3 is 15.6 Å². The van der Waals surface area contributed by atoms with Crippen molar-refractivity contribution in [2.45, 2.75) is 0 Å². The van der Waals surface area contributed by atoms with E-state index < -0.39 is 5.91 Å². The summed E-state index contributed by atoms with van der Waals surface area (Å²) in [5.74, 6) is 2.22. The molecule has 2 heterocycles. The van der Waals surface area contributed by atoms with E-state index in [0.717, 1.165) is 22.0 Å². The van der Waals surface area contributed by atoms with Crippen LogP contribution in [0.5, 0.6) is 0 Å². The summed E-state index contributed by atoms with van der Waals surface area (Å²) in [5.41, 5.74) is 3.30. The molecule has 0 bridgehead atoms. The number of nitrogens with one attached hydrogen (secondary N) is 3. The first-order valence-electron chi connectivity index (χ1n) is 7.59. The van der Waals surface area contributed by atoms with Gasteiger partial charge in [0.15, 0.2) is 0 Å². The summed E-state index contributed by atoms with van der Waals surface area (Å²) in [6, 6.07) is 13.4. The number of aromatic amines is 1. The van der Waals surface area contributed by atoms with Gasteiger partial charge in [-0.2, -0.15) is 0 Å². The van der Waals surface area contributed by atoms with Crippen molar-refractivity contribution in [3.63, 3.8) is 0 Å². The van der Waals surface area contributed by atoms with Gasteiger partial charge in [-0.1, -0.05) is 0 Å². The zero-order valence-corrected chi connectivity index (χ0v) is 13.1. The first kappa shape index (κ1) is 14.7. The standard InChI is InChI=1S/C19H13N5O/c1-2-18(25)23-14-3-5-15-17(10-14)21-11-22-19(15)24-13-4-6-16-12(9-13)7-8-20-16/h1,3-11,20H,(H,23,25)(H,21,22,24). The van der Waals surface area contributed by atoms with Crippen LogP contribution in [0.2, 0.25) is 0 Å². The van der Waals surface area contributed by atoms with Crippen LogP contribution in [0.15, 0.2) is 55.0 Å². The number of nitrogens with zero attached hydrogens (tertiary/aromatic N) is 2. The van der Waals surface area contributed by atoms with E-state index in [2.05, 4.69) is 25.6 Å². The highest BCUT2D eigenvalue weighted by atomic mass is 16.1. The number of H-pyrrole nitrogens is 1. The Bertz CT molecular complexity index is 1140. The van der Waals surface area contributed by atoms with E-state index in [1.165, 1.54) is 6.33 Å². The Morgan fingerprint density at radius 2 is 1.96 bits per heavy atom. The van der Waals surface area contributed by atoms with Crippen LogP contribution < -0.4 is 10.6 Å². The molecule has 6 heteroatoms. The molecular weight excluding hydrogens is 314 g/mol. The number of rotatable bonds is 3. The third-order valence-corrected chi connectivity index (χ3v) is 3.84. The molecule has 3 N–H and O–H groups in total. The summed E-state index contributed by atoms with van der Waals surface area (Å²) in [7, 11) is 0. The first-order valence-corrected chi connectivity index (χ1v) is 7.59. The maximum Gasteiger partial charge on any atom is 0.300 e. The Balaban J connectivity index is 1.69. The van der Waals surface area contributed by atoms with Crippen LogP contribution in [-0.2, 0) is 4.79 Å². The summed E-state index contributed by atoms with van der Waals surface area (Å²) in [6.07, 6.45) is 8.46. The van der Waals surface area contributed by atoms with Crippen LogP contribution >= 0.6 is 0 Å². The fourth-order valence-corrected chi connectivity index (χ4v) is 2.67. The van der Waals surface area contributed by atoms with E-state index >= 15 is 0 Å². The molecule has 0 saturated carbocycles. The molecule has 2 aromatic carbocycles. The summed E-state index contributed by atoms with van der Waals surface area (Å²) in [6.45, 7) is 0. The number of aromatic nitrogens is 3. The van der Waals surface area contributed by atoms with Crippen LogP contribution in [0.4, 0.5) is 17.2 Å². The third-order valence-electron chi connectivity index (χ3n) is 3.84. The Hall–Kier alpha value is -3.85. The van der Waals surface area contributed by atoms with Gasteiger partial charge in [-0.25, -0.2) is 9.97 Å². The van der Waals surface area contributed by atoms with Gasteiger partial charge in [0.2, 0.25) is 0 Å². The van der Waals surface area contributed by atoms with Gasteiger partial charge >= 0.3 is 0 Å². The van der Waals surface area contributed by atoms with Crippen molar-refractivity contribution in [2.75, 3.05) is 10.6 Å². The van der Waals surface area contributed by atoms with Crippen molar-refractivity contribution in [2.24, 2.45) is 0 Å². The van der Waals surface area contributed by atoms with Gasteiger partial charge in [0, 0.05) is 33.9 Å². The lowest BCUT2D eigenvalue weighted by Gasteiger charge is -2.09. The zero-order chi connectivity index (χ0) is 17.2. The largest absolute Gasteiger partial charge is 0.361 e. The summed E-state index contributed by atoms with van der Waals surface area (Å²) in [4.78, 5) is 23.1. The highest BCUT2D eigenvalue weighted by molar-refractivity contribution is 6.04. The van der Waals surface area contributed by atoms with Gasteiger partial charge in [-0.15, -0.1) is 6.42 Å². The van der Waals surface area contributed by atoms with Crippen LogP contribution in [-0.4, -0.2) is 20.9 Å². The molecule has 6 nitrogen and oxygen atoms in total. The van der Waals surface area contributed by atoms with Crippen molar-refractivity contribution in [1.29, 1.82) is 0 Å². The number of amides is 1. The summed E-state index contributed by atoms with van der Waals surface area (Å²) in [5, 5.41) is 7.88. The highest BCUT2D eigenvalue weighted by Crippen LogP contribution is 2.26. The molecule has 25 heavy (non-hydrogen) atoms. The average molecular weight is 327 g/mol. The number of benzene rings is 2. The van der Waals surface area contributed by atoms with Gasteiger partial charge in [0.25, 0.3) is 5.91 Å². The minimum absolute atomic E-state index is 0.494. The van der Waals surface area contributed by atoms with E-state index in [-0.39, 0.29) is 0 Å². The van der Waals surface area contributed by atoms with Crippen molar-refractivity contribution in [3.8, 4) is 12.3 Å². The molecule has 120 valence electrons. The number of carbonyl (C=O) groups is 1. The predicted octanol–water partition coefficient (Wildman–Crippen LogP) is 3.43. The lowest BCUT2D eigenvalue weighted by Crippen LogP contribution is -2.08. The number of hydrogen-bond donors (Lipinski definition) is 3. The maximum absolute atomic E-state index is 11.3. The van der Waals surface area contributed by atoms with Gasteiger partial charge in [-0.05, 0) is 48.4 Å². The minimum atomic E-state index is -0.494. The molecular formula is C19H13N5O. The average Bonchev–Trinajstić information content (AvgIpc) is 3.09. The second-order valence-corrected chi connectivity index (χ2v) is 5.46. The van der Waals surface area contributed by atoms with Crippen LogP contribution in [0.3, 0.4) is 0 Å². The van der Waals surface area contributed by atoms with Crippen LogP contribution in [0.25, 0.3) is 21.8 Å². The molecule has 4 aromatic rings. The predicted molar refractivity (Wildman–Crippen MR) is 98.6 cm³/mol. The molecule has 2 aromatic heterocycles. The maximum atomic E-state index is 11.3. The Morgan fingerprint density at radius 3 is 2.84 bits per heavy atom. The molecule has 4 rings (SSSR count). The molecule has 0 spiro atoms. The van der Waals surface area contributed by atoms with Crippen LogP contribution in [0, 0.1) is 12.3 Å². The number of terminal acetylenes is 1. The van der Waals surface area contributed by atoms with Crippen molar-refractivity contribution >= 4 is 44.9 Å². The molecule has 0 unspecified atom stereocenters. The van der Waals surface area contributed by atoms with E-state index in [1.807, 2.05) is 42.4 Å². The van der Waals surface area contributed by atoms with E-state index in [0.29, 0.717) is 17.0 Å². The fourth-order valence-electron chi connectivity index (χ4n) is 2.67. The SMILES string of the molecule is C#CC(=O)Nc1ccc2c(Nc3ccc4[nH]ccc4c3)ncnc2c1. The van der Waals surface area contributed by atoms with Gasteiger partial charge in [0.05, 0.1) is 5.52 Å². The molecule has 0 radical (unpaired) electrons. The smallest absolute Gasteiger partial charge is 0.300 e. The monoisotopic (exact) mass is 327 g/mol. The van der Waals surface area contributed by atoms with Gasteiger partial charge in [-0.3, -0.25) is 4.79 Å². The molecule has 0 saturated heterocycles. The lowest BCUT2D eigenvalue weighted by molar-refractivity contribution is -0.111. The van der Waals surface area contributed by atoms with Crippen molar-refractivity contribution in [1.82, 2.24) is 15.0 Å². The lowest BCUT2D eigenvalue weighted by atomic mass is 10.2. The summed E-state index contributed by atoms with van der Waals surface area (Å²) < 4.78 is 0.